The molecule has 2 N–H and O–H groups in total. The van der Waals surface area contributed by atoms with Crippen molar-refractivity contribution < 1.29 is 10.2 Å². The Labute approximate surface area is 69.2 Å². The van der Waals surface area contributed by atoms with E-state index in [4.69, 9.17) is 0 Å². The SMILES string of the molecule is CC(C)(O)CCCC(C)(C)O. The van der Waals surface area contributed by atoms with Gasteiger partial charge in [-0.2, -0.15) is 0 Å². The molecule has 0 radical (unpaired) electrons. The number of hydrogen-bond donors (Lipinski definition) is 2. The van der Waals surface area contributed by atoms with Gasteiger partial charge in [-0.05, 0) is 47.0 Å². The molecular formula is C9H20O2. The quantitative estimate of drug-likeness (QED) is 0.657. The van der Waals surface area contributed by atoms with Crippen LogP contribution in [0.25, 0.3) is 0 Å². The smallest absolute Gasteiger partial charge is 0.0591 e. The minimum atomic E-state index is -0.592. The molecule has 0 fully saturated rings. The highest BCUT2D eigenvalue weighted by atomic mass is 16.3. The first-order valence-corrected chi connectivity index (χ1v) is 4.15. The van der Waals surface area contributed by atoms with E-state index in [1.54, 1.807) is 27.7 Å². The van der Waals surface area contributed by atoms with Gasteiger partial charge in [-0.1, -0.05) is 0 Å². The van der Waals surface area contributed by atoms with E-state index in [2.05, 4.69) is 0 Å². The van der Waals surface area contributed by atoms with E-state index >= 15 is 0 Å². The molecule has 0 heterocycles. The zero-order valence-electron chi connectivity index (χ0n) is 8.02. The molecule has 0 amide bonds. The fourth-order valence-corrected chi connectivity index (χ4v) is 0.954. The lowest BCUT2D eigenvalue weighted by atomic mass is 9.95. The number of hydrogen-bond acceptors (Lipinski definition) is 2. The Hall–Kier alpha value is -0.0800. The van der Waals surface area contributed by atoms with Crippen LogP contribution in [0.2, 0.25) is 0 Å². The summed E-state index contributed by atoms with van der Waals surface area (Å²) in [5.74, 6) is 0. The van der Waals surface area contributed by atoms with Gasteiger partial charge in [0.1, 0.15) is 0 Å². The molecule has 0 aliphatic rings. The Morgan fingerprint density at radius 2 is 1.09 bits per heavy atom. The third-order valence-corrected chi connectivity index (χ3v) is 1.58. The number of rotatable bonds is 4. The van der Waals surface area contributed by atoms with Crippen molar-refractivity contribution in [2.24, 2.45) is 0 Å². The minimum absolute atomic E-state index is 0.592. The van der Waals surface area contributed by atoms with Crippen LogP contribution in [0.1, 0.15) is 47.0 Å². The van der Waals surface area contributed by atoms with Crippen molar-refractivity contribution in [3.63, 3.8) is 0 Å². The van der Waals surface area contributed by atoms with Crippen LogP contribution in [0.15, 0.2) is 0 Å². The number of aliphatic hydroxyl groups is 2. The molecular weight excluding hydrogens is 140 g/mol. The largest absolute Gasteiger partial charge is 0.390 e. The summed E-state index contributed by atoms with van der Waals surface area (Å²) in [5, 5.41) is 18.7. The van der Waals surface area contributed by atoms with Crippen molar-refractivity contribution >= 4 is 0 Å². The zero-order valence-corrected chi connectivity index (χ0v) is 8.02. The van der Waals surface area contributed by atoms with Crippen LogP contribution >= 0.6 is 0 Å². The van der Waals surface area contributed by atoms with Gasteiger partial charge < -0.3 is 10.2 Å². The van der Waals surface area contributed by atoms with Crippen molar-refractivity contribution in [1.82, 2.24) is 0 Å². The van der Waals surface area contributed by atoms with E-state index in [1.807, 2.05) is 0 Å². The molecule has 0 aliphatic heterocycles. The Morgan fingerprint density at radius 3 is 1.27 bits per heavy atom. The second-order valence-corrected chi connectivity index (χ2v) is 4.48. The Morgan fingerprint density at radius 1 is 0.818 bits per heavy atom. The van der Waals surface area contributed by atoms with Crippen LogP contribution in [0.4, 0.5) is 0 Å². The average molecular weight is 160 g/mol. The molecule has 0 bridgehead atoms. The van der Waals surface area contributed by atoms with E-state index in [0.717, 1.165) is 19.3 Å². The predicted molar refractivity (Wildman–Crippen MR) is 46.4 cm³/mol. The maximum atomic E-state index is 9.33. The Balaban J connectivity index is 3.44. The summed E-state index contributed by atoms with van der Waals surface area (Å²) in [5.41, 5.74) is -1.18. The second-order valence-electron chi connectivity index (χ2n) is 4.48. The first-order valence-electron chi connectivity index (χ1n) is 4.15. The molecule has 0 unspecified atom stereocenters. The normalized spacial score (nSPS) is 13.6. The van der Waals surface area contributed by atoms with Gasteiger partial charge in [0.2, 0.25) is 0 Å². The highest BCUT2D eigenvalue weighted by Crippen LogP contribution is 2.17. The molecule has 2 heteroatoms. The maximum absolute atomic E-state index is 9.33. The molecule has 0 aromatic carbocycles. The van der Waals surface area contributed by atoms with Crippen molar-refractivity contribution in [2.45, 2.75) is 58.2 Å². The van der Waals surface area contributed by atoms with Gasteiger partial charge in [-0.15, -0.1) is 0 Å². The van der Waals surface area contributed by atoms with E-state index < -0.39 is 11.2 Å². The first-order chi connectivity index (χ1) is 4.71. The van der Waals surface area contributed by atoms with E-state index in [1.165, 1.54) is 0 Å². The van der Waals surface area contributed by atoms with Gasteiger partial charge in [0.15, 0.2) is 0 Å². The Kier molecular flexibility index (Phi) is 3.52. The third kappa shape index (κ3) is 9.92. The van der Waals surface area contributed by atoms with Crippen LogP contribution in [0.3, 0.4) is 0 Å². The van der Waals surface area contributed by atoms with Gasteiger partial charge in [0, 0.05) is 0 Å². The van der Waals surface area contributed by atoms with Gasteiger partial charge in [-0.3, -0.25) is 0 Å². The summed E-state index contributed by atoms with van der Waals surface area (Å²) < 4.78 is 0. The summed E-state index contributed by atoms with van der Waals surface area (Å²) in [6, 6.07) is 0. The summed E-state index contributed by atoms with van der Waals surface area (Å²) in [6.07, 6.45) is 2.36. The summed E-state index contributed by atoms with van der Waals surface area (Å²) in [7, 11) is 0. The van der Waals surface area contributed by atoms with Crippen LogP contribution < -0.4 is 0 Å². The highest BCUT2D eigenvalue weighted by Gasteiger charge is 2.16. The average Bonchev–Trinajstić information content (AvgIpc) is 1.55. The van der Waals surface area contributed by atoms with E-state index in [9.17, 15) is 10.2 Å². The van der Waals surface area contributed by atoms with Gasteiger partial charge in [0.25, 0.3) is 0 Å². The Bertz CT molecular complexity index is 91.7. The molecule has 0 saturated carbocycles. The molecule has 0 aromatic rings. The van der Waals surface area contributed by atoms with Crippen molar-refractivity contribution in [2.75, 3.05) is 0 Å². The molecule has 0 aromatic heterocycles. The lowest BCUT2D eigenvalue weighted by Crippen LogP contribution is -2.22. The fourth-order valence-electron chi connectivity index (χ4n) is 0.954. The standard InChI is InChI=1S/C9H20O2/c1-8(2,10)6-5-7-9(3,4)11/h10-11H,5-7H2,1-4H3. The topological polar surface area (TPSA) is 40.5 Å². The fraction of sp³-hybridized carbons (Fsp3) is 1.00. The molecule has 11 heavy (non-hydrogen) atoms. The lowest BCUT2D eigenvalue weighted by molar-refractivity contribution is 0.0412. The van der Waals surface area contributed by atoms with Gasteiger partial charge >= 0.3 is 0 Å². The van der Waals surface area contributed by atoms with E-state index in [0.29, 0.717) is 0 Å². The minimum Gasteiger partial charge on any atom is -0.390 e. The van der Waals surface area contributed by atoms with Crippen molar-refractivity contribution in [1.29, 1.82) is 0 Å². The molecule has 0 saturated heterocycles. The van der Waals surface area contributed by atoms with Crippen LogP contribution in [0.5, 0.6) is 0 Å². The highest BCUT2D eigenvalue weighted by molar-refractivity contribution is 4.70. The second kappa shape index (κ2) is 3.55. The first kappa shape index (κ1) is 10.9. The molecule has 0 spiro atoms. The van der Waals surface area contributed by atoms with Crippen molar-refractivity contribution in [3.05, 3.63) is 0 Å². The molecule has 2 nitrogen and oxygen atoms in total. The third-order valence-electron chi connectivity index (χ3n) is 1.58. The van der Waals surface area contributed by atoms with Crippen LogP contribution in [-0.4, -0.2) is 21.4 Å². The summed E-state index contributed by atoms with van der Waals surface area (Å²) in [6.45, 7) is 7.16. The lowest BCUT2D eigenvalue weighted by Gasteiger charge is -2.21. The van der Waals surface area contributed by atoms with E-state index in [-0.39, 0.29) is 0 Å². The molecule has 68 valence electrons. The van der Waals surface area contributed by atoms with Crippen LogP contribution in [0, 0.1) is 0 Å². The van der Waals surface area contributed by atoms with Crippen LogP contribution in [-0.2, 0) is 0 Å². The summed E-state index contributed by atoms with van der Waals surface area (Å²) >= 11 is 0. The molecule has 0 aliphatic carbocycles. The van der Waals surface area contributed by atoms with Crippen molar-refractivity contribution in [3.8, 4) is 0 Å². The maximum Gasteiger partial charge on any atom is 0.0591 e. The molecule has 0 atom stereocenters. The predicted octanol–water partition coefficient (Wildman–Crippen LogP) is 1.70. The molecule has 0 rings (SSSR count). The van der Waals surface area contributed by atoms with Gasteiger partial charge in [-0.25, -0.2) is 0 Å². The van der Waals surface area contributed by atoms with Gasteiger partial charge in [0.05, 0.1) is 11.2 Å². The monoisotopic (exact) mass is 160 g/mol. The zero-order chi connectivity index (χ0) is 9.12. The summed E-state index contributed by atoms with van der Waals surface area (Å²) in [4.78, 5) is 0.